The zero-order chi connectivity index (χ0) is 19.0. The molecule has 1 unspecified atom stereocenters. The number of phenols is 1. The van der Waals surface area contributed by atoms with E-state index in [1.54, 1.807) is 0 Å². The molecule has 0 spiro atoms. The van der Waals surface area contributed by atoms with E-state index < -0.39 is 0 Å². The summed E-state index contributed by atoms with van der Waals surface area (Å²) < 4.78 is 0. The summed E-state index contributed by atoms with van der Waals surface area (Å²) in [5.74, 6) is 0.926. The van der Waals surface area contributed by atoms with Gasteiger partial charge in [0.2, 0.25) is 0 Å². The summed E-state index contributed by atoms with van der Waals surface area (Å²) in [6.07, 6.45) is 13.7. The third kappa shape index (κ3) is 6.14. The van der Waals surface area contributed by atoms with E-state index in [4.69, 9.17) is 0 Å². The maximum absolute atomic E-state index is 11.7. The summed E-state index contributed by atoms with van der Waals surface area (Å²) in [6, 6.07) is 6.20. The second-order valence-corrected chi connectivity index (χ2v) is 8.86. The van der Waals surface area contributed by atoms with Crippen molar-refractivity contribution in [1.82, 2.24) is 0 Å². The molecule has 146 valence electrons. The molecule has 1 aromatic rings. The van der Waals surface area contributed by atoms with Crippen molar-refractivity contribution in [3.8, 4) is 5.75 Å². The van der Waals surface area contributed by atoms with Crippen LogP contribution in [0.2, 0.25) is 0 Å². The number of phenolic OH excluding ortho intramolecular Hbond substituents is 1. The molecular formula is C24H38O2. The summed E-state index contributed by atoms with van der Waals surface area (Å²) in [5.41, 5.74) is 2.27. The Kier molecular flexibility index (Phi) is 8.18. The fraction of sp³-hybridized carbons (Fsp3) is 0.708. The highest BCUT2D eigenvalue weighted by Gasteiger charge is 2.26. The van der Waals surface area contributed by atoms with Gasteiger partial charge in [0.15, 0.2) is 0 Å². The van der Waals surface area contributed by atoms with E-state index in [2.05, 4.69) is 32.9 Å². The molecule has 1 saturated carbocycles. The van der Waals surface area contributed by atoms with Crippen LogP contribution in [0, 0.1) is 0 Å². The molecule has 1 aliphatic carbocycles. The number of unbranched alkanes of at least 4 members (excludes halogenated alkanes) is 6. The van der Waals surface area contributed by atoms with Gasteiger partial charge in [0, 0.05) is 12.8 Å². The van der Waals surface area contributed by atoms with Gasteiger partial charge in [-0.15, -0.1) is 0 Å². The normalized spacial score (nSPS) is 18.3. The van der Waals surface area contributed by atoms with Crippen LogP contribution in [0.3, 0.4) is 0 Å². The summed E-state index contributed by atoms with van der Waals surface area (Å²) >= 11 is 0. The molecule has 0 aliphatic heterocycles. The molecule has 1 atom stereocenters. The molecule has 26 heavy (non-hydrogen) atoms. The first-order valence-corrected chi connectivity index (χ1v) is 10.8. The molecule has 2 nitrogen and oxygen atoms in total. The van der Waals surface area contributed by atoms with Crippen molar-refractivity contribution in [2.24, 2.45) is 0 Å². The Bertz CT molecular complexity index is 574. The van der Waals surface area contributed by atoms with Gasteiger partial charge >= 0.3 is 0 Å². The van der Waals surface area contributed by atoms with Crippen molar-refractivity contribution >= 4 is 5.78 Å². The van der Waals surface area contributed by atoms with Gasteiger partial charge in [-0.1, -0.05) is 77.8 Å². The monoisotopic (exact) mass is 358 g/mol. The standard InChI is InChI=1S/C24H38O2/c1-4-5-6-7-8-9-10-16-24(2,3)20-14-15-22(23(26)18-20)19-12-11-13-21(25)17-19/h14-15,18-19,26H,4-13,16-17H2,1-3H3. The maximum atomic E-state index is 11.7. The number of hydrogen-bond donors (Lipinski definition) is 1. The van der Waals surface area contributed by atoms with Gasteiger partial charge in [0.25, 0.3) is 0 Å². The summed E-state index contributed by atoms with van der Waals surface area (Å²) in [6.45, 7) is 6.82. The highest BCUT2D eigenvalue weighted by atomic mass is 16.3. The van der Waals surface area contributed by atoms with E-state index in [-0.39, 0.29) is 11.3 Å². The van der Waals surface area contributed by atoms with Crippen molar-refractivity contribution in [3.63, 3.8) is 0 Å². The van der Waals surface area contributed by atoms with Gasteiger partial charge in [-0.05, 0) is 47.8 Å². The Labute approximate surface area is 160 Å². The molecule has 0 aromatic heterocycles. The van der Waals surface area contributed by atoms with E-state index in [1.165, 1.54) is 50.5 Å². The molecule has 1 aromatic carbocycles. The predicted molar refractivity (Wildman–Crippen MR) is 110 cm³/mol. The Balaban J connectivity index is 1.88. The van der Waals surface area contributed by atoms with Crippen LogP contribution >= 0.6 is 0 Å². The SMILES string of the molecule is CCCCCCCCCC(C)(C)c1ccc(C2CCCC(=O)C2)c(O)c1. The first-order chi connectivity index (χ1) is 12.4. The van der Waals surface area contributed by atoms with Crippen LogP contribution in [0.4, 0.5) is 0 Å². The van der Waals surface area contributed by atoms with Crippen molar-refractivity contribution in [3.05, 3.63) is 29.3 Å². The predicted octanol–water partition coefficient (Wildman–Crippen LogP) is 7.04. The molecule has 0 heterocycles. The molecule has 0 radical (unpaired) electrons. The second kappa shape index (κ2) is 10.1. The summed E-state index contributed by atoms with van der Waals surface area (Å²) in [5, 5.41) is 10.6. The molecular weight excluding hydrogens is 320 g/mol. The van der Waals surface area contributed by atoms with Gasteiger partial charge in [-0.3, -0.25) is 4.79 Å². The van der Waals surface area contributed by atoms with Gasteiger partial charge in [-0.25, -0.2) is 0 Å². The van der Waals surface area contributed by atoms with Crippen LogP contribution in [-0.2, 0) is 10.2 Å². The lowest BCUT2D eigenvalue weighted by Gasteiger charge is -2.27. The lowest BCUT2D eigenvalue weighted by Crippen LogP contribution is -2.18. The lowest BCUT2D eigenvalue weighted by molar-refractivity contribution is -0.120. The molecule has 2 heteroatoms. The van der Waals surface area contributed by atoms with Crippen molar-refractivity contribution in [2.45, 2.75) is 109 Å². The lowest BCUT2D eigenvalue weighted by atomic mass is 9.77. The second-order valence-electron chi connectivity index (χ2n) is 8.86. The van der Waals surface area contributed by atoms with Gasteiger partial charge in [0.05, 0.1) is 0 Å². The Morgan fingerprint density at radius 3 is 2.42 bits per heavy atom. The largest absolute Gasteiger partial charge is 0.508 e. The number of Topliss-reactive ketones (excluding diaryl/α,β-unsaturated/α-hetero) is 1. The minimum atomic E-state index is 0.0851. The molecule has 0 bridgehead atoms. The number of hydrogen-bond acceptors (Lipinski definition) is 2. The highest BCUT2D eigenvalue weighted by molar-refractivity contribution is 5.80. The van der Waals surface area contributed by atoms with Crippen LogP contribution in [0.5, 0.6) is 5.75 Å². The fourth-order valence-electron chi connectivity index (χ4n) is 4.27. The van der Waals surface area contributed by atoms with Crippen LogP contribution in [0.25, 0.3) is 0 Å². The maximum Gasteiger partial charge on any atom is 0.133 e. The van der Waals surface area contributed by atoms with Crippen LogP contribution < -0.4 is 0 Å². The Morgan fingerprint density at radius 1 is 1.08 bits per heavy atom. The first kappa shape index (κ1) is 21.0. The number of carbonyl (C=O) groups is 1. The van der Waals surface area contributed by atoms with Crippen LogP contribution in [0.1, 0.15) is 115 Å². The Morgan fingerprint density at radius 2 is 1.77 bits per heavy atom. The molecule has 1 N–H and O–H groups in total. The fourth-order valence-corrected chi connectivity index (χ4v) is 4.27. The zero-order valence-electron chi connectivity index (χ0n) is 17.2. The van der Waals surface area contributed by atoms with E-state index in [9.17, 15) is 9.90 Å². The van der Waals surface area contributed by atoms with Crippen molar-refractivity contribution in [1.29, 1.82) is 0 Å². The van der Waals surface area contributed by atoms with Gasteiger partial charge < -0.3 is 5.11 Å². The topological polar surface area (TPSA) is 37.3 Å². The molecule has 2 rings (SSSR count). The summed E-state index contributed by atoms with van der Waals surface area (Å²) in [7, 11) is 0. The van der Waals surface area contributed by atoms with Crippen LogP contribution in [0.15, 0.2) is 18.2 Å². The molecule has 0 saturated heterocycles. The average molecular weight is 359 g/mol. The smallest absolute Gasteiger partial charge is 0.133 e. The quantitative estimate of drug-likeness (QED) is 0.455. The van der Waals surface area contributed by atoms with Crippen LogP contribution in [-0.4, -0.2) is 10.9 Å². The number of ketones is 1. The van der Waals surface area contributed by atoms with Gasteiger partial charge in [0.1, 0.15) is 11.5 Å². The van der Waals surface area contributed by atoms with Gasteiger partial charge in [-0.2, -0.15) is 0 Å². The van der Waals surface area contributed by atoms with E-state index in [0.717, 1.165) is 24.8 Å². The number of aromatic hydroxyl groups is 1. The van der Waals surface area contributed by atoms with E-state index >= 15 is 0 Å². The van der Waals surface area contributed by atoms with Crippen molar-refractivity contribution in [2.75, 3.05) is 0 Å². The molecule has 1 fully saturated rings. The third-order valence-corrected chi connectivity index (χ3v) is 6.14. The Hall–Kier alpha value is -1.31. The molecule has 0 amide bonds. The highest BCUT2D eigenvalue weighted by Crippen LogP contribution is 2.39. The minimum Gasteiger partial charge on any atom is -0.508 e. The molecule has 1 aliphatic rings. The number of carbonyl (C=O) groups excluding carboxylic acids is 1. The minimum absolute atomic E-state index is 0.0851. The van der Waals surface area contributed by atoms with E-state index in [0.29, 0.717) is 24.4 Å². The number of benzene rings is 1. The summed E-state index contributed by atoms with van der Waals surface area (Å²) in [4.78, 5) is 11.7. The zero-order valence-corrected chi connectivity index (χ0v) is 17.2. The first-order valence-electron chi connectivity index (χ1n) is 10.8. The van der Waals surface area contributed by atoms with Crippen molar-refractivity contribution < 1.29 is 9.90 Å². The number of rotatable bonds is 10. The third-order valence-electron chi connectivity index (χ3n) is 6.14. The average Bonchev–Trinajstić information content (AvgIpc) is 2.61. The van der Waals surface area contributed by atoms with E-state index in [1.807, 2.05) is 6.07 Å².